The fourth-order valence-corrected chi connectivity index (χ4v) is 3.68. The molecule has 0 amide bonds. The molecular weight excluding hydrogens is 348 g/mol. The molecule has 4 nitrogen and oxygen atoms in total. The van der Waals surface area contributed by atoms with Crippen LogP contribution in [0.5, 0.6) is 0 Å². The topological polar surface area (TPSA) is 55.1 Å². The fraction of sp³-hybridized carbons (Fsp3) is 0.583. The second kappa shape index (κ2) is 13.1. The summed E-state index contributed by atoms with van der Waals surface area (Å²) in [6, 6.07) is 10.4. The molecule has 4 heteroatoms. The fourth-order valence-electron chi connectivity index (χ4n) is 3.68. The first-order chi connectivity index (χ1) is 13.7. The lowest BCUT2D eigenvalue weighted by molar-refractivity contribution is -0.137. The standard InChI is InChI=1S/C24H36N2O2/c1-21-25-22(20-26(21)23-17-13-11-14-18-23)16-12-9-7-5-3-2-4-6-8-10-15-19-24(27)28/h11,13-14,17-18,20H,2-10,12,15-16,19H2,1H3,(H,27,28). The van der Waals surface area contributed by atoms with Crippen LogP contribution in [-0.4, -0.2) is 20.6 Å². The number of nitrogens with zero attached hydrogens (tertiary/aromatic N) is 2. The first-order valence-electron chi connectivity index (χ1n) is 11.0. The van der Waals surface area contributed by atoms with Gasteiger partial charge in [0.15, 0.2) is 0 Å². The average molecular weight is 385 g/mol. The third kappa shape index (κ3) is 8.73. The number of para-hydroxylation sites is 1. The number of benzene rings is 1. The van der Waals surface area contributed by atoms with Crippen molar-refractivity contribution in [3.63, 3.8) is 0 Å². The number of hydrogen-bond acceptors (Lipinski definition) is 2. The second-order valence-electron chi connectivity index (χ2n) is 7.77. The Morgan fingerprint density at radius 3 is 1.96 bits per heavy atom. The van der Waals surface area contributed by atoms with Gasteiger partial charge in [0.25, 0.3) is 0 Å². The third-order valence-electron chi connectivity index (χ3n) is 5.29. The lowest BCUT2D eigenvalue weighted by Crippen LogP contribution is -1.93. The predicted molar refractivity (Wildman–Crippen MR) is 115 cm³/mol. The van der Waals surface area contributed by atoms with Crippen molar-refractivity contribution >= 4 is 5.97 Å². The van der Waals surface area contributed by atoms with Crippen LogP contribution in [0.4, 0.5) is 0 Å². The van der Waals surface area contributed by atoms with Crippen LogP contribution in [0.25, 0.3) is 5.69 Å². The Hall–Kier alpha value is -2.10. The van der Waals surface area contributed by atoms with Gasteiger partial charge in [-0.25, -0.2) is 4.98 Å². The van der Waals surface area contributed by atoms with Crippen molar-refractivity contribution in [2.24, 2.45) is 0 Å². The van der Waals surface area contributed by atoms with Gasteiger partial charge in [-0.1, -0.05) is 76.0 Å². The molecule has 28 heavy (non-hydrogen) atoms. The average Bonchev–Trinajstić information content (AvgIpc) is 3.06. The minimum Gasteiger partial charge on any atom is -0.481 e. The van der Waals surface area contributed by atoms with Crippen LogP contribution in [0.3, 0.4) is 0 Å². The van der Waals surface area contributed by atoms with Gasteiger partial charge >= 0.3 is 5.97 Å². The number of hydrogen-bond donors (Lipinski definition) is 1. The van der Waals surface area contributed by atoms with E-state index in [1.165, 1.54) is 69.2 Å². The number of rotatable bonds is 15. The quantitative estimate of drug-likeness (QED) is 0.357. The molecule has 2 rings (SSSR count). The molecule has 1 heterocycles. The molecule has 0 saturated heterocycles. The molecule has 0 bridgehead atoms. The molecule has 0 aliphatic heterocycles. The minimum absolute atomic E-state index is 0.325. The van der Waals surface area contributed by atoms with Crippen molar-refractivity contribution in [1.29, 1.82) is 0 Å². The number of carboxylic acids is 1. The Morgan fingerprint density at radius 2 is 1.39 bits per heavy atom. The van der Waals surface area contributed by atoms with Crippen molar-refractivity contribution in [3.8, 4) is 5.69 Å². The Labute approximate surface area is 170 Å². The smallest absolute Gasteiger partial charge is 0.303 e. The molecule has 0 saturated carbocycles. The second-order valence-corrected chi connectivity index (χ2v) is 7.77. The van der Waals surface area contributed by atoms with Gasteiger partial charge in [-0.05, 0) is 38.3 Å². The van der Waals surface area contributed by atoms with Crippen molar-refractivity contribution < 1.29 is 9.90 Å². The highest BCUT2D eigenvalue weighted by molar-refractivity contribution is 5.66. The number of carboxylic acid groups (broad SMARTS) is 1. The summed E-state index contributed by atoms with van der Waals surface area (Å²) in [5, 5.41) is 8.60. The van der Waals surface area contributed by atoms with Crippen molar-refractivity contribution in [3.05, 3.63) is 48.0 Å². The Kier molecular flexibility index (Phi) is 10.4. The molecule has 0 unspecified atom stereocenters. The summed E-state index contributed by atoms with van der Waals surface area (Å²) in [5.74, 6) is 0.392. The Balaban J connectivity index is 1.46. The van der Waals surface area contributed by atoms with Crippen molar-refractivity contribution in [2.75, 3.05) is 0 Å². The van der Waals surface area contributed by atoms with E-state index in [1.54, 1.807) is 0 Å². The molecule has 1 N–H and O–H groups in total. The maximum atomic E-state index is 10.4. The summed E-state index contributed by atoms with van der Waals surface area (Å²) in [4.78, 5) is 15.1. The van der Waals surface area contributed by atoms with E-state index in [0.717, 1.165) is 25.1 Å². The van der Waals surface area contributed by atoms with Crippen molar-refractivity contribution in [2.45, 2.75) is 90.4 Å². The highest BCUT2D eigenvalue weighted by Gasteiger charge is 2.05. The summed E-state index contributed by atoms with van der Waals surface area (Å²) in [6.45, 7) is 2.07. The largest absolute Gasteiger partial charge is 0.481 e. The molecule has 0 atom stereocenters. The maximum Gasteiger partial charge on any atom is 0.303 e. The van der Waals surface area contributed by atoms with E-state index in [4.69, 9.17) is 10.1 Å². The number of imidazole rings is 1. The zero-order valence-corrected chi connectivity index (χ0v) is 17.4. The third-order valence-corrected chi connectivity index (χ3v) is 5.29. The van der Waals surface area contributed by atoms with E-state index >= 15 is 0 Å². The SMILES string of the molecule is Cc1nc(CCCCCCCCCCCCCC(=O)O)cn1-c1ccccc1. The molecule has 0 aliphatic carbocycles. The van der Waals surface area contributed by atoms with Crippen LogP contribution in [0.2, 0.25) is 0 Å². The molecule has 0 spiro atoms. The molecule has 1 aromatic carbocycles. The summed E-state index contributed by atoms with van der Waals surface area (Å²) in [7, 11) is 0. The first kappa shape index (κ1) is 22.2. The van der Waals surface area contributed by atoms with E-state index in [9.17, 15) is 4.79 Å². The number of unbranched alkanes of at least 4 members (excludes halogenated alkanes) is 10. The lowest BCUT2D eigenvalue weighted by atomic mass is 10.0. The van der Waals surface area contributed by atoms with E-state index < -0.39 is 5.97 Å². The highest BCUT2D eigenvalue weighted by Crippen LogP contribution is 2.15. The van der Waals surface area contributed by atoms with Crippen LogP contribution < -0.4 is 0 Å². The lowest BCUT2D eigenvalue weighted by Gasteiger charge is -2.03. The number of aromatic nitrogens is 2. The van der Waals surface area contributed by atoms with Crippen LogP contribution in [0.1, 0.15) is 88.6 Å². The molecule has 1 aromatic heterocycles. The normalized spacial score (nSPS) is 11.0. The summed E-state index contributed by atoms with van der Waals surface area (Å²) < 4.78 is 2.18. The van der Waals surface area contributed by atoms with Gasteiger partial charge in [-0.3, -0.25) is 4.79 Å². The van der Waals surface area contributed by atoms with Gasteiger partial charge in [0.2, 0.25) is 0 Å². The maximum absolute atomic E-state index is 10.4. The molecule has 2 aromatic rings. The number of carbonyl (C=O) groups is 1. The van der Waals surface area contributed by atoms with Gasteiger partial charge in [0.1, 0.15) is 5.82 Å². The zero-order valence-electron chi connectivity index (χ0n) is 17.4. The van der Waals surface area contributed by atoms with Crippen LogP contribution in [0, 0.1) is 6.92 Å². The highest BCUT2D eigenvalue weighted by atomic mass is 16.4. The van der Waals surface area contributed by atoms with Gasteiger partial charge in [-0.15, -0.1) is 0 Å². The van der Waals surface area contributed by atoms with Gasteiger partial charge in [-0.2, -0.15) is 0 Å². The molecular formula is C24H36N2O2. The number of aliphatic carboxylic acids is 1. The molecule has 0 radical (unpaired) electrons. The van der Waals surface area contributed by atoms with Gasteiger partial charge < -0.3 is 9.67 Å². The molecule has 0 aliphatic rings. The van der Waals surface area contributed by atoms with E-state index in [-0.39, 0.29) is 0 Å². The van der Waals surface area contributed by atoms with Gasteiger partial charge in [0, 0.05) is 18.3 Å². The minimum atomic E-state index is -0.667. The van der Waals surface area contributed by atoms with E-state index in [2.05, 4.69) is 42.0 Å². The predicted octanol–water partition coefficient (Wildman–Crippen LogP) is 6.49. The summed E-state index contributed by atoms with van der Waals surface area (Å²) in [6.07, 6.45) is 17.0. The van der Waals surface area contributed by atoms with E-state index in [1.807, 2.05) is 6.07 Å². The monoisotopic (exact) mass is 384 g/mol. The molecule has 0 fully saturated rings. The zero-order chi connectivity index (χ0) is 20.0. The number of aryl methyl sites for hydroxylation is 2. The van der Waals surface area contributed by atoms with Gasteiger partial charge in [0.05, 0.1) is 5.69 Å². The van der Waals surface area contributed by atoms with Crippen LogP contribution in [-0.2, 0) is 11.2 Å². The van der Waals surface area contributed by atoms with Crippen molar-refractivity contribution in [1.82, 2.24) is 9.55 Å². The Morgan fingerprint density at radius 1 is 0.857 bits per heavy atom. The summed E-state index contributed by atoms with van der Waals surface area (Å²) in [5.41, 5.74) is 2.38. The van der Waals surface area contributed by atoms with Crippen LogP contribution in [0.15, 0.2) is 36.5 Å². The molecule has 154 valence electrons. The van der Waals surface area contributed by atoms with Crippen LogP contribution >= 0.6 is 0 Å². The Bertz CT molecular complexity index is 679. The summed E-state index contributed by atoms with van der Waals surface area (Å²) >= 11 is 0. The van der Waals surface area contributed by atoms with E-state index in [0.29, 0.717) is 6.42 Å². The first-order valence-corrected chi connectivity index (χ1v) is 11.0.